The second-order valence-electron chi connectivity index (χ2n) is 4.19. The molecule has 2 heterocycles. The third-order valence-electron chi connectivity index (χ3n) is 2.67. The van der Waals surface area contributed by atoms with Crippen molar-refractivity contribution >= 4 is 11.8 Å². The van der Waals surface area contributed by atoms with E-state index in [9.17, 15) is 4.79 Å². The van der Waals surface area contributed by atoms with Gasteiger partial charge in [0.1, 0.15) is 5.75 Å². The second-order valence-corrected chi connectivity index (χ2v) is 4.19. The molecule has 0 saturated carbocycles. The third-order valence-corrected chi connectivity index (χ3v) is 2.67. The summed E-state index contributed by atoms with van der Waals surface area (Å²) in [7, 11) is 0. The van der Waals surface area contributed by atoms with E-state index in [1.54, 1.807) is 41.3 Å². The van der Waals surface area contributed by atoms with Crippen LogP contribution in [0.4, 0.5) is 10.5 Å². The Hall–Kier alpha value is -3.15. The van der Waals surface area contributed by atoms with Crippen LogP contribution < -0.4 is 10.1 Å². The molecule has 0 aliphatic heterocycles. The van der Waals surface area contributed by atoms with Crippen LogP contribution in [0, 0.1) is 0 Å². The first-order valence-electron chi connectivity index (χ1n) is 6.31. The molecule has 3 aromatic rings. The van der Waals surface area contributed by atoms with Crippen molar-refractivity contribution in [3.63, 3.8) is 0 Å². The SMILES string of the molecule is O=C(Nc1cnn(-c2ccccn2)c1)Oc1ccccc1. The van der Waals surface area contributed by atoms with Gasteiger partial charge in [0.25, 0.3) is 0 Å². The maximum Gasteiger partial charge on any atom is 0.417 e. The summed E-state index contributed by atoms with van der Waals surface area (Å²) in [4.78, 5) is 15.9. The molecule has 1 N–H and O–H groups in total. The number of ether oxygens (including phenoxy) is 1. The number of anilines is 1. The summed E-state index contributed by atoms with van der Waals surface area (Å²) in [5.41, 5.74) is 0.529. The quantitative estimate of drug-likeness (QED) is 0.801. The lowest BCUT2D eigenvalue weighted by Gasteiger charge is -2.04. The average molecular weight is 280 g/mol. The molecule has 3 rings (SSSR count). The van der Waals surface area contributed by atoms with Crippen LogP contribution >= 0.6 is 0 Å². The molecule has 0 spiro atoms. The lowest BCUT2D eigenvalue weighted by molar-refractivity contribution is 0.215. The van der Waals surface area contributed by atoms with E-state index in [-0.39, 0.29) is 0 Å². The number of para-hydroxylation sites is 1. The van der Waals surface area contributed by atoms with Crippen LogP contribution in [-0.4, -0.2) is 20.9 Å². The predicted octanol–water partition coefficient (Wildman–Crippen LogP) is 2.88. The molecule has 2 aromatic heterocycles. The van der Waals surface area contributed by atoms with E-state index in [0.717, 1.165) is 0 Å². The zero-order chi connectivity index (χ0) is 14.5. The van der Waals surface area contributed by atoms with Crippen LogP contribution in [0.5, 0.6) is 5.75 Å². The van der Waals surface area contributed by atoms with Crippen LogP contribution in [0.25, 0.3) is 5.82 Å². The molecule has 104 valence electrons. The van der Waals surface area contributed by atoms with Crippen molar-refractivity contribution in [1.82, 2.24) is 14.8 Å². The highest BCUT2D eigenvalue weighted by Crippen LogP contribution is 2.12. The van der Waals surface area contributed by atoms with Crippen molar-refractivity contribution < 1.29 is 9.53 Å². The molecule has 0 aliphatic rings. The average Bonchev–Trinajstić information content (AvgIpc) is 2.97. The van der Waals surface area contributed by atoms with E-state index in [1.807, 2.05) is 24.3 Å². The Labute approximate surface area is 121 Å². The zero-order valence-corrected chi connectivity index (χ0v) is 11.0. The monoisotopic (exact) mass is 280 g/mol. The lowest BCUT2D eigenvalue weighted by Crippen LogP contribution is -2.16. The van der Waals surface area contributed by atoms with Gasteiger partial charge < -0.3 is 4.74 Å². The number of nitrogens with zero attached hydrogens (tertiary/aromatic N) is 3. The highest BCUT2D eigenvalue weighted by molar-refractivity contribution is 5.85. The van der Waals surface area contributed by atoms with Crippen LogP contribution in [0.1, 0.15) is 0 Å². The number of hydrogen-bond donors (Lipinski definition) is 1. The first kappa shape index (κ1) is 12.9. The summed E-state index contributed by atoms with van der Waals surface area (Å²) >= 11 is 0. The first-order chi connectivity index (χ1) is 10.3. The molecular formula is C15H12N4O2. The summed E-state index contributed by atoms with van der Waals surface area (Å²) in [6.45, 7) is 0. The smallest absolute Gasteiger partial charge is 0.410 e. The number of nitrogens with one attached hydrogen (secondary N) is 1. The lowest BCUT2D eigenvalue weighted by atomic mass is 10.3. The normalized spacial score (nSPS) is 10.1. The van der Waals surface area contributed by atoms with E-state index >= 15 is 0 Å². The van der Waals surface area contributed by atoms with E-state index in [1.165, 1.54) is 6.20 Å². The van der Waals surface area contributed by atoms with E-state index in [0.29, 0.717) is 17.3 Å². The summed E-state index contributed by atoms with van der Waals surface area (Å²) in [6.07, 6.45) is 4.30. The molecule has 1 amide bonds. The highest BCUT2D eigenvalue weighted by atomic mass is 16.6. The summed E-state index contributed by atoms with van der Waals surface area (Å²) in [5, 5.41) is 6.74. The molecule has 0 saturated heterocycles. The number of aromatic nitrogens is 3. The van der Waals surface area contributed by atoms with Gasteiger partial charge in [-0.3, -0.25) is 5.32 Å². The number of carbonyl (C=O) groups is 1. The molecule has 0 aliphatic carbocycles. The Morgan fingerprint density at radius 1 is 1.10 bits per heavy atom. The molecule has 0 unspecified atom stereocenters. The largest absolute Gasteiger partial charge is 0.417 e. The number of pyridine rings is 1. The number of hydrogen-bond acceptors (Lipinski definition) is 4. The van der Waals surface area contributed by atoms with Crippen molar-refractivity contribution in [3.05, 3.63) is 67.1 Å². The van der Waals surface area contributed by atoms with E-state index < -0.39 is 6.09 Å². The van der Waals surface area contributed by atoms with Crippen molar-refractivity contribution in [2.45, 2.75) is 0 Å². The summed E-state index contributed by atoms with van der Waals surface area (Å²) in [6, 6.07) is 14.3. The van der Waals surface area contributed by atoms with Gasteiger partial charge in [0.05, 0.1) is 18.1 Å². The van der Waals surface area contributed by atoms with Crippen LogP contribution in [0.2, 0.25) is 0 Å². The number of amides is 1. The molecule has 1 aromatic carbocycles. The molecule has 0 radical (unpaired) electrons. The minimum atomic E-state index is -0.568. The van der Waals surface area contributed by atoms with Gasteiger partial charge in [-0.25, -0.2) is 14.5 Å². The van der Waals surface area contributed by atoms with Gasteiger partial charge in [-0.15, -0.1) is 0 Å². The van der Waals surface area contributed by atoms with Gasteiger partial charge in [0.2, 0.25) is 0 Å². The Balaban J connectivity index is 1.66. The molecular weight excluding hydrogens is 268 g/mol. The predicted molar refractivity (Wildman–Crippen MR) is 77.4 cm³/mol. The van der Waals surface area contributed by atoms with Crippen molar-refractivity contribution in [2.75, 3.05) is 5.32 Å². The molecule has 6 heteroatoms. The van der Waals surface area contributed by atoms with Gasteiger partial charge in [-0.2, -0.15) is 5.10 Å². The maximum atomic E-state index is 11.7. The number of rotatable bonds is 3. The number of benzene rings is 1. The topological polar surface area (TPSA) is 69.0 Å². The van der Waals surface area contributed by atoms with Crippen LogP contribution in [-0.2, 0) is 0 Å². The third kappa shape index (κ3) is 3.24. The Bertz CT molecular complexity index is 726. The molecule has 0 fully saturated rings. The molecule has 21 heavy (non-hydrogen) atoms. The Kier molecular flexibility index (Phi) is 3.60. The fourth-order valence-corrected chi connectivity index (χ4v) is 1.74. The van der Waals surface area contributed by atoms with E-state index in [2.05, 4.69) is 15.4 Å². The fraction of sp³-hybridized carbons (Fsp3) is 0. The highest BCUT2D eigenvalue weighted by Gasteiger charge is 2.07. The van der Waals surface area contributed by atoms with Gasteiger partial charge in [0.15, 0.2) is 5.82 Å². The second kappa shape index (κ2) is 5.87. The maximum absolute atomic E-state index is 11.7. The van der Waals surface area contributed by atoms with E-state index in [4.69, 9.17) is 4.74 Å². The van der Waals surface area contributed by atoms with Crippen molar-refractivity contribution in [1.29, 1.82) is 0 Å². The Morgan fingerprint density at radius 3 is 2.67 bits per heavy atom. The standard InChI is InChI=1S/C15H12N4O2/c20-15(21-13-6-2-1-3-7-13)18-12-10-17-19(11-12)14-8-4-5-9-16-14/h1-11H,(H,18,20). The van der Waals surface area contributed by atoms with Crippen LogP contribution in [0.3, 0.4) is 0 Å². The summed E-state index contributed by atoms with van der Waals surface area (Å²) in [5.74, 6) is 1.15. The minimum absolute atomic E-state index is 0.479. The fourth-order valence-electron chi connectivity index (χ4n) is 1.74. The number of carbonyl (C=O) groups excluding carboxylic acids is 1. The van der Waals surface area contributed by atoms with Gasteiger partial charge in [0, 0.05) is 6.20 Å². The van der Waals surface area contributed by atoms with Crippen molar-refractivity contribution in [3.8, 4) is 11.6 Å². The summed E-state index contributed by atoms with van der Waals surface area (Å²) < 4.78 is 6.70. The Morgan fingerprint density at radius 2 is 1.90 bits per heavy atom. The first-order valence-corrected chi connectivity index (χ1v) is 6.31. The van der Waals surface area contributed by atoms with Crippen LogP contribution in [0.15, 0.2) is 67.1 Å². The zero-order valence-electron chi connectivity index (χ0n) is 11.0. The molecule has 0 bridgehead atoms. The van der Waals surface area contributed by atoms with Gasteiger partial charge >= 0.3 is 6.09 Å². The molecule has 6 nitrogen and oxygen atoms in total. The van der Waals surface area contributed by atoms with Gasteiger partial charge in [-0.05, 0) is 24.3 Å². The van der Waals surface area contributed by atoms with Crippen molar-refractivity contribution in [2.24, 2.45) is 0 Å². The molecule has 0 atom stereocenters. The minimum Gasteiger partial charge on any atom is -0.410 e. The van der Waals surface area contributed by atoms with Gasteiger partial charge in [-0.1, -0.05) is 24.3 Å².